The molecule has 3 aromatic rings. The maximum Gasteiger partial charge on any atom is 0.586 e. The van der Waals surface area contributed by atoms with Gasteiger partial charge in [0.2, 0.25) is 5.75 Å². The SMILES string of the molecule is COc1cc(P(=O)(c2cc(C)cc(C)c2)c2cc(C)cc(C)c2)c(Br)c2c1OC(F)(F)O2. The number of hydrogen-bond donors (Lipinski definition) is 0. The molecule has 0 atom stereocenters. The number of rotatable bonds is 4. The molecule has 0 bridgehead atoms. The van der Waals surface area contributed by atoms with Gasteiger partial charge >= 0.3 is 6.29 Å². The summed E-state index contributed by atoms with van der Waals surface area (Å²) in [6, 6.07) is 12.9. The summed E-state index contributed by atoms with van der Waals surface area (Å²) >= 11 is 3.39. The van der Waals surface area contributed by atoms with Crippen LogP contribution >= 0.6 is 23.1 Å². The molecule has 0 unspecified atom stereocenters. The topological polar surface area (TPSA) is 44.8 Å². The lowest BCUT2D eigenvalue weighted by atomic mass is 10.2. The minimum absolute atomic E-state index is 0.0179. The molecule has 168 valence electrons. The molecule has 0 spiro atoms. The fourth-order valence-electron chi connectivity index (χ4n) is 4.10. The highest BCUT2D eigenvalue weighted by molar-refractivity contribution is 9.10. The fourth-order valence-corrected chi connectivity index (χ4v) is 8.30. The van der Waals surface area contributed by atoms with E-state index in [-0.39, 0.29) is 21.7 Å². The molecule has 1 heterocycles. The average molecular weight is 523 g/mol. The van der Waals surface area contributed by atoms with E-state index in [9.17, 15) is 8.78 Å². The molecule has 0 fully saturated rings. The van der Waals surface area contributed by atoms with Crippen molar-refractivity contribution in [1.82, 2.24) is 0 Å². The van der Waals surface area contributed by atoms with Gasteiger partial charge in [-0.1, -0.05) is 34.4 Å². The van der Waals surface area contributed by atoms with Crippen molar-refractivity contribution < 1.29 is 27.6 Å². The molecule has 1 aliphatic rings. The lowest BCUT2D eigenvalue weighted by Crippen LogP contribution is -2.27. The molecule has 0 amide bonds. The van der Waals surface area contributed by atoms with Crippen LogP contribution in [0.3, 0.4) is 0 Å². The monoisotopic (exact) mass is 522 g/mol. The van der Waals surface area contributed by atoms with Crippen molar-refractivity contribution in [2.45, 2.75) is 34.0 Å². The number of fused-ring (bicyclic) bond motifs is 1. The molecule has 0 aliphatic carbocycles. The predicted octanol–water partition coefficient (Wildman–Crippen LogP) is 5.65. The molecule has 0 saturated carbocycles. The summed E-state index contributed by atoms with van der Waals surface area (Å²) in [4.78, 5) is 0. The van der Waals surface area contributed by atoms with Gasteiger partial charge in [-0.3, -0.25) is 0 Å². The second-order valence-electron chi connectivity index (χ2n) is 8.04. The predicted molar refractivity (Wildman–Crippen MR) is 125 cm³/mol. The summed E-state index contributed by atoms with van der Waals surface area (Å²) in [5, 5.41) is 1.48. The average Bonchev–Trinajstić information content (AvgIpc) is 3.02. The Morgan fingerprint density at radius 3 is 1.69 bits per heavy atom. The van der Waals surface area contributed by atoms with E-state index in [2.05, 4.69) is 20.7 Å². The first-order valence-electron chi connectivity index (χ1n) is 9.89. The first-order valence-corrected chi connectivity index (χ1v) is 12.4. The van der Waals surface area contributed by atoms with Crippen molar-refractivity contribution in [1.29, 1.82) is 0 Å². The second kappa shape index (κ2) is 7.89. The van der Waals surface area contributed by atoms with Gasteiger partial charge in [-0.2, -0.15) is 0 Å². The van der Waals surface area contributed by atoms with Gasteiger partial charge in [0.05, 0.1) is 11.6 Å². The Morgan fingerprint density at radius 1 is 0.812 bits per heavy atom. The van der Waals surface area contributed by atoms with Gasteiger partial charge in [0.25, 0.3) is 0 Å². The van der Waals surface area contributed by atoms with Crippen LogP contribution in [0.5, 0.6) is 17.2 Å². The van der Waals surface area contributed by atoms with E-state index in [0.717, 1.165) is 22.3 Å². The zero-order chi connectivity index (χ0) is 23.4. The van der Waals surface area contributed by atoms with Gasteiger partial charge < -0.3 is 18.8 Å². The van der Waals surface area contributed by atoms with Crippen LogP contribution in [0.4, 0.5) is 8.78 Å². The molecule has 32 heavy (non-hydrogen) atoms. The number of hydrogen-bond acceptors (Lipinski definition) is 4. The molecule has 0 aromatic heterocycles. The van der Waals surface area contributed by atoms with E-state index < -0.39 is 13.4 Å². The molecule has 1 aliphatic heterocycles. The zero-order valence-electron chi connectivity index (χ0n) is 18.3. The van der Waals surface area contributed by atoms with E-state index in [4.69, 9.17) is 9.47 Å². The van der Waals surface area contributed by atoms with Crippen LogP contribution in [0.25, 0.3) is 0 Å². The molecular formula is C24H22BrF2O4P. The second-order valence-corrected chi connectivity index (χ2v) is 11.6. The fraction of sp³-hybridized carbons (Fsp3) is 0.250. The third-order valence-electron chi connectivity index (χ3n) is 5.26. The summed E-state index contributed by atoms with van der Waals surface area (Å²) < 4.78 is 57.9. The Morgan fingerprint density at radius 2 is 1.25 bits per heavy atom. The van der Waals surface area contributed by atoms with Crippen LogP contribution in [0, 0.1) is 27.7 Å². The Bertz CT molecular complexity index is 1190. The highest BCUT2D eigenvalue weighted by atomic mass is 79.9. The molecule has 3 aromatic carbocycles. The van der Waals surface area contributed by atoms with Gasteiger partial charge in [-0.25, -0.2) is 0 Å². The smallest absolute Gasteiger partial charge is 0.493 e. The first-order chi connectivity index (χ1) is 14.9. The van der Waals surface area contributed by atoms with E-state index in [0.29, 0.717) is 15.9 Å². The highest BCUT2D eigenvalue weighted by Gasteiger charge is 2.48. The third kappa shape index (κ3) is 3.82. The first kappa shape index (κ1) is 22.8. The maximum absolute atomic E-state index is 15.1. The normalized spacial score (nSPS) is 14.5. The summed E-state index contributed by atoms with van der Waals surface area (Å²) in [5.74, 6) is -0.455. The molecular weight excluding hydrogens is 501 g/mol. The van der Waals surface area contributed by atoms with Crippen LogP contribution < -0.4 is 30.1 Å². The van der Waals surface area contributed by atoms with Gasteiger partial charge in [0, 0.05) is 15.9 Å². The van der Waals surface area contributed by atoms with Gasteiger partial charge in [-0.15, -0.1) is 8.78 Å². The number of methoxy groups -OCH3 is 1. The van der Waals surface area contributed by atoms with Crippen LogP contribution in [0.1, 0.15) is 22.3 Å². The number of benzene rings is 3. The van der Waals surface area contributed by atoms with E-state index >= 15 is 4.57 Å². The van der Waals surface area contributed by atoms with E-state index in [1.807, 2.05) is 64.1 Å². The molecule has 0 saturated heterocycles. The molecule has 0 radical (unpaired) electrons. The number of ether oxygens (including phenoxy) is 3. The van der Waals surface area contributed by atoms with Gasteiger partial charge in [-0.05, 0) is 74.0 Å². The lowest BCUT2D eigenvalue weighted by Gasteiger charge is -2.24. The van der Waals surface area contributed by atoms with E-state index in [1.165, 1.54) is 13.2 Å². The van der Waals surface area contributed by atoms with Gasteiger partial charge in [0.1, 0.15) is 0 Å². The van der Waals surface area contributed by atoms with Crippen LogP contribution in [0.2, 0.25) is 0 Å². The number of halogens is 3. The Labute approximate surface area is 194 Å². The van der Waals surface area contributed by atoms with Crippen molar-refractivity contribution in [2.24, 2.45) is 0 Å². The standard InChI is InChI=1S/C24H22BrF2O4P/c1-13-6-14(2)9-17(8-13)32(28,18-10-15(3)7-16(4)11-18)20-12-19(29-5)22-23(21(20)25)31-24(26,27)30-22/h6-12H,1-5H3. The molecule has 0 N–H and O–H groups in total. The maximum atomic E-state index is 15.1. The summed E-state index contributed by atoms with van der Waals surface area (Å²) in [6.45, 7) is 7.71. The third-order valence-corrected chi connectivity index (χ3v) is 9.36. The number of aryl methyl sites for hydroxylation is 4. The Kier molecular flexibility index (Phi) is 5.62. The van der Waals surface area contributed by atoms with Crippen LogP contribution in [0.15, 0.2) is 46.9 Å². The van der Waals surface area contributed by atoms with Crippen molar-refractivity contribution in [2.75, 3.05) is 7.11 Å². The van der Waals surface area contributed by atoms with Crippen molar-refractivity contribution in [3.8, 4) is 17.2 Å². The van der Waals surface area contributed by atoms with E-state index in [1.54, 1.807) is 0 Å². The molecule has 8 heteroatoms. The largest absolute Gasteiger partial charge is 0.586 e. The van der Waals surface area contributed by atoms with Gasteiger partial charge in [0.15, 0.2) is 18.6 Å². The van der Waals surface area contributed by atoms with Crippen LogP contribution in [-0.4, -0.2) is 13.4 Å². The lowest BCUT2D eigenvalue weighted by molar-refractivity contribution is -0.287. The highest BCUT2D eigenvalue weighted by Crippen LogP contribution is 2.55. The minimum atomic E-state index is -3.85. The zero-order valence-corrected chi connectivity index (χ0v) is 20.7. The summed E-state index contributed by atoms with van der Waals surface area (Å²) in [6.07, 6.45) is -3.85. The minimum Gasteiger partial charge on any atom is -0.493 e. The molecule has 4 nitrogen and oxygen atoms in total. The van der Waals surface area contributed by atoms with Crippen molar-refractivity contribution in [3.63, 3.8) is 0 Å². The van der Waals surface area contributed by atoms with Crippen LogP contribution in [-0.2, 0) is 4.57 Å². The number of alkyl halides is 2. The Balaban J connectivity index is 2.10. The molecule has 4 rings (SSSR count). The summed E-state index contributed by atoms with van der Waals surface area (Å²) in [5.41, 5.74) is 3.78. The van der Waals surface area contributed by atoms with Crippen molar-refractivity contribution in [3.05, 3.63) is 69.2 Å². The van der Waals surface area contributed by atoms with Crippen molar-refractivity contribution >= 4 is 39.0 Å². The Hall–Kier alpha value is -2.37. The summed E-state index contributed by atoms with van der Waals surface area (Å²) in [7, 11) is -2.20. The quantitative estimate of drug-likeness (QED) is 0.415.